The van der Waals surface area contributed by atoms with Crippen LogP contribution in [0.1, 0.15) is 26.3 Å². The van der Waals surface area contributed by atoms with Crippen LogP contribution in [0, 0.1) is 0 Å². The van der Waals surface area contributed by atoms with Crippen LogP contribution in [0.5, 0.6) is 5.75 Å². The molecular weight excluding hydrogens is 402 g/mol. The van der Waals surface area contributed by atoms with E-state index in [0.29, 0.717) is 31.1 Å². The molecule has 6 nitrogen and oxygen atoms in total. The Hall–Kier alpha value is -2.99. The van der Waals surface area contributed by atoms with Crippen molar-refractivity contribution in [1.82, 2.24) is 9.47 Å². The number of carbonyl (C=O) groups is 2. The number of hydrogen-bond donors (Lipinski definition) is 1. The molecule has 0 fully saturated rings. The van der Waals surface area contributed by atoms with Crippen LogP contribution in [0.25, 0.3) is 10.9 Å². The highest BCUT2D eigenvalue weighted by Gasteiger charge is 2.20. The number of fused-ring (bicyclic) bond motifs is 1. The maximum absolute atomic E-state index is 12.5. The predicted octanol–water partition coefficient (Wildman–Crippen LogP) is 5.10. The molecule has 0 aliphatic rings. The van der Waals surface area contributed by atoms with Crippen molar-refractivity contribution in [2.75, 3.05) is 18.4 Å². The first-order valence-corrected chi connectivity index (χ1v) is 10.5. The molecule has 0 aliphatic heterocycles. The molecule has 1 heterocycles. The van der Waals surface area contributed by atoms with Gasteiger partial charge in [0.2, 0.25) is 5.91 Å². The summed E-state index contributed by atoms with van der Waals surface area (Å²) >= 11 is 5.96. The third-order valence-electron chi connectivity index (χ3n) is 4.94. The summed E-state index contributed by atoms with van der Waals surface area (Å²) in [5.41, 5.74) is 2.52. The van der Waals surface area contributed by atoms with Crippen molar-refractivity contribution in [2.24, 2.45) is 0 Å². The van der Waals surface area contributed by atoms with Crippen LogP contribution in [0.2, 0.25) is 0 Å². The Morgan fingerprint density at radius 1 is 1.10 bits per heavy atom. The van der Waals surface area contributed by atoms with Gasteiger partial charge in [-0.2, -0.15) is 0 Å². The smallest absolute Gasteiger partial charge is 0.408 e. The SMILES string of the molecule is CCN(CC)C(=O)Oc1ccc2c(ccn2Cc2ccccc2)c1NC(=O)C(C)Cl. The van der Waals surface area contributed by atoms with E-state index < -0.39 is 11.5 Å². The number of alkyl halides is 1. The van der Waals surface area contributed by atoms with Gasteiger partial charge in [0.25, 0.3) is 0 Å². The van der Waals surface area contributed by atoms with Gasteiger partial charge in [-0.25, -0.2) is 4.79 Å². The molecule has 1 N–H and O–H groups in total. The molecule has 0 saturated carbocycles. The molecule has 0 radical (unpaired) electrons. The number of aromatic nitrogens is 1. The van der Waals surface area contributed by atoms with Gasteiger partial charge >= 0.3 is 6.09 Å². The summed E-state index contributed by atoms with van der Waals surface area (Å²) in [6.07, 6.45) is 1.49. The van der Waals surface area contributed by atoms with E-state index in [4.69, 9.17) is 16.3 Å². The maximum atomic E-state index is 12.5. The van der Waals surface area contributed by atoms with E-state index in [-0.39, 0.29) is 5.91 Å². The highest BCUT2D eigenvalue weighted by molar-refractivity contribution is 6.32. The Bertz CT molecular complexity index is 1030. The molecule has 30 heavy (non-hydrogen) atoms. The highest BCUT2D eigenvalue weighted by Crippen LogP contribution is 2.35. The van der Waals surface area contributed by atoms with Gasteiger partial charge in [-0.05, 0) is 44.5 Å². The Morgan fingerprint density at radius 2 is 1.80 bits per heavy atom. The van der Waals surface area contributed by atoms with Crippen molar-refractivity contribution in [2.45, 2.75) is 32.7 Å². The zero-order chi connectivity index (χ0) is 21.7. The molecule has 7 heteroatoms. The van der Waals surface area contributed by atoms with Gasteiger partial charge in [0.15, 0.2) is 5.75 Å². The second-order valence-corrected chi connectivity index (χ2v) is 7.60. The van der Waals surface area contributed by atoms with E-state index >= 15 is 0 Å². The number of hydrogen-bond acceptors (Lipinski definition) is 3. The lowest BCUT2D eigenvalue weighted by Gasteiger charge is -2.20. The average molecular weight is 428 g/mol. The molecule has 0 spiro atoms. The van der Waals surface area contributed by atoms with Crippen molar-refractivity contribution >= 4 is 40.2 Å². The number of amides is 2. The van der Waals surface area contributed by atoms with Crippen LogP contribution in [0.3, 0.4) is 0 Å². The second-order valence-electron chi connectivity index (χ2n) is 6.95. The number of carbonyl (C=O) groups excluding carboxylic acids is 2. The van der Waals surface area contributed by atoms with Crippen LogP contribution in [-0.2, 0) is 11.3 Å². The van der Waals surface area contributed by atoms with Crippen molar-refractivity contribution in [3.05, 3.63) is 60.3 Å². The summed E-state index contributed by atoms with van der Waals surface area (Å²) in [5.74, 6) is -0.0670. The number of nitrogens with one attached hydrogen (secondary N) is 1. The van der Waals surface area contributed by atoms with Gasteiger partial charge < -0.3 is 19.5 Å². The van der Waals surface area contributed by atoms with Crippen molar-refractivity contribution in [1.29, 1.82) is 0 Å². The van der Waals surface area contributed by atoms with Gasteiger partial charge in [-0.1, -0.05) is 30.3 Å². The van der Waals surface area contributed by atoms with Crippen molar-refractivity contribution < 1.29 is 14.3 Å². The number of halogens is 1. The maximum Gasteiger partial charge on any atom is 0.415 e. The zero-order valence-electron chi connectivity index (χ0n) is 17.4. The van der Waals surface area contributed by atoms with E-state index in [0.717, 1.165) is 16.5 Å². The van der Waals surface area contributed by atoms with E-state index in [9.17, 15) is 9.59 Å². The lowest BCUT2D eigenvalue weighted by atomic mass is 10.2. The molecule has 2 aromatic carbocycles. The predicted molar refractivity (Wildman–Crippen MR) is 120 cm³/mol. The fraction of sp³-hybridized carbons (Fsp3) is 0.304. The van der Waals surface area contributed by atoms with Crippen LogP contribution in [0.15, 0.2) is 54.7 Å². The van der Waals surface area contributed by atoms with Crippen LogP contribution in [-0.4, -0.2) is 39.9 Å². The van der Waals surface area contributed by atoms with Gasteiger partial charge in [-0.15, -0.1) is 11.6 Å². The van der Waals surface area contributed by atoms with Gasteiger partial charge in [-0.3, -0.25) is 4.79 Å². The van der Waals surface area contributed by atoms with Crippen LogP contribution in [0.4, 0.5) is 10.5 Å². The Morgan fingerprint density at radius 3 is 2.43 bits per heavy atom. The number of benzene rings is 2. The zero-order valence-corrected chi connectivity index (χ0v) is 18.1. The van der Waals surface area contributed by atoms with Crippen molar-refractivity contribution in [3.8, 4) is 5.75 Å². The molecule has 3 rings (SSSR count). The number of ether oxygens (including phenoxy) is 1. The summed E-state index contributed by atoms with van der Waals surface area (Å²) < 4.78 is 7.71. The van der Waals surface area contributed by atoms with Gasteiger partial charge in [0.1, 0.15) is 5.38 Å². The standard InChI is InChI=1S/C23H26ClN3O3/c1-4-26(5-2)23(29)30-20-12-11-19-18(21(20)25-22(28)16(3)24)13-14-27(19)15-17-9-7-6-8-10-17/h6-14,16H,4-5,15H2,1-3H3,(H,25,28). The van der Waals surface area contributed by atoms with Gasteiger partial charge in [0, 0.05) is 31.2 Å². The first-order valence-electron chi connectivity index (χ1n) is 10.0. The lowest BCUT2D eigenvalue weighted by Crippen LogP contribution is -2.33. The minimum absolute atomic E-state index is 0.294. The largest absolute Gasteiger partial charge is 0.415 e. The highest BCUT2D eigenvalue weighted by atomic mass is 35.5. The second kappa shape index (κ2) is 9.67. The summed E-state index contributed by atoms with van der Waals surface area (Å²) in [6, 6.07) is 15.6. The van der Waals surface area contributed by atoms with E-state index in [1.165, 1.54) is 0 Å². The van der Waals surface area contributed by atoms with E-state index in [2.05, 4.69) is 22.0 Å². The number of rotatable bonds is 7. The van der Waals surface area contributed by atoms with Crippen molar-refractivity contribution in [3.63, 3.8) is 0 Å². The molecule has 0 saturated heterocycles. The molecule has 158 valence electrons. The number of anilines is 1. The summed E-state index contributed by atoms with van der Waals surface area (Å²) in [5, 5.41) is 2.89. The Balaban J connectivity index is 2.01. The Kier molecular flexibility index (Phi) is 7.00. The molecular formula is C23H26ClN3O3. The Labute approximate surface area is 181 Å². The lowest BCUT2D eigenvalue weighted by molar-refractivity contribution is -0.115. The molecule has 2 amide bonds. The van der Waals surface area contributed by atoms with Crippen LogP contribution < -0.4 is 10.1 Å². The number of nitrogens with zero attached hydrogens (tertiary/aromatic N) is 2. The summed E-state index contributed by atoms with van der Waals surface area (Å²) in [6.45, 7) is 7.11. The first kappa shape index (κ1) is 21.7. The summed E-state index contributed by atoms with van der Waals surface area (Å²) in [7, 11) is 0. The molecule has 0 aliphatic carbocycles. The normalized spacial score (nSPS) is 11.9. The summed E-state index contributed by atoms with van der Waals surface area (Å²) in [4.78, 5) is 26.4. The van der Waals surface area contributed by atoms with Gasteiger partial charge in [0.05, 0.1) is 11.2 Å². The first-order chi connectivity index (χ1) is 14.4. The third-order valence-corrected chi connectivity index (χ3v) is 5.14. The molecule has 1 unspecified atom stereocenters. The minimum atomic E-state index is -0.724. The quantitative estimate of drug-likeness (QED) is 0.534. The van der Waals surface area contributed by atoms with E-state index in [1.54, 1.807) is 17.9 Å². The molecule has 1 atom stereocenters. The fourth-order valence-electron chi connectivity index (χ4n) is 3.25. The fourth-order valence-corrected chi connectivity index (χ4v) is 3.30. The molecule has 1 aromatic heterocycles. The van der Waals surface area contributed by atoms with E-state index in [1.807, 2.05) is 50.4 Å². The van der Waals surface area contributed by atoms with Crippen LogP contribution >= 0.6 is 11.6 Å². The third kappa shape index (κ3) is 4.76. The monoisotopic (exact) mass is 427 g/mol. The topological polar surface area (TPSA) is 63.6 Å². The molecule has 3 aromatic rings. The average Bonchev–Trinajstić information content (AvgIpc) is 3.14. The minimum Gasteiger partial charge on any atom is -0.408 e. The molecule has 0 bridgehead atoms.